The summed E-state index contributed by atoms with van der Waals surface area (Å²) >= 11 is 0. The van der Waals surface area contributed by atoms with Crippen molar-refractivity contribution in [3.63, 3.8) is 0 Å². The zero-order valence-electron chi connectivity index (χ0n) is 4.91. The van der Waals surface area contributed by atoms with Crippen LogP contribution in [0.5, 0.6) is 0 Å². The first-order valence-electron chi connectivity index (χ1n) is 2.12. The van der Waals surface area contributed by atoms with E-state index in [9.17, 15) is 0 Å². The summed E-state index contributed by atoms with van der Waals surface area (Å²) in [6.07, 6.45) is 0. The van der Waals surface area contributed by atoms with Crippen LogP contribution in [-0.2, 0) is 26.2 Å². The Hall–Kier alpha value is 0.803. The average molecular weight is 179 g/mol. The quantitative estimate of drug-likeness (QED) is 0.547. The van der Waals surface area contributed by atoms with Crippen LogP contribution >= 0.6 is 0 Å². The van der Waals surface area contributed by atoms with Crippen LogP contribution in [0.15, 0.2) is 0 Å². The molecule has 0 aromatic heterocycles. The second-order valence-electron chi connectivity index (χ2n) is 0.707. The van der Waals surface area contributed by atoms with Gasteiger partial charge in [0.05, 0.1) is 0 Å². The SMILES string of the molecule is CC[NH-].CC[NH-].[Zr+2]. The number of rotatable bonds is 0. The van der Waals surface area contributed by atoms with Gasteiger partial charge in [-0.05, 0) is 0 Å². The van der Waals surface area contributed by atoms with Crippen LogP contribution in [0.2, 0.25) is 0 Å². The van der Waals surface area contributed by atoms with Gasteiger partial charge in [0.15, 0.2) is 0 Å². The van der Waals surface area contributed by atoms with Crippen molar-refractivity contribution in [3.05, 3.63) is 11.5 Å². The molecule has 0 aliphatic heterocycles. The van der Waals surface area contributed by atoms with E-state index in [4.69, 9.17) is 11.5 Å². The Balaban J connectivity index is -0.0000000400. The maximum Gasteiger partial charge on any atom is 2.00 e. The molecule has 2 nitrogen and oxygen atoms in total. The second-order valence-corrected chi connectivity index (χ2v) is 0.707. The van der Waals surface area contributed by atoms with Crippen molar-refractivity contribution in [2.75, 3.05) is 13.1 Å². The molecule has 3 heteroatoms. The van der Waals surface area contributed by atoms with Gasteiger partial charge in [-0.1, -0.05) is 13.8 Å². The molecule has 0 aromatic rings. The summed E-state index contributed by atoms with van der Waals surface area (Å²) in [5.41, 5.74) is 12.4. The maximum atomic E-state index is 6.21. The van der Waals surface area contributed by atoms with Gasteiger partial charge in [0.25, 0.3) is 0 Å². The average Bonchev–Trinajstić information content (AvgIpc) is 1.39. The van der Waals surface area contributed by atoms with Crippen molar-refractivity contribution in [1.29, 1.82) is 0 Å². The standard InChI is InChI=1S/2C2H6N.Zr/c2*1-2-3;/h2*3H,2H2,1H3;/q2*-1;+2. The third kappa shape index (κ3) is 243. The third-order valence-corrected chi connectivity index (χ3v) is 0. The van der Waals surface area contributed by atoms with E-state index < -0.39 is 0 Å². The van der Waals surface area contributed by atoms with Crippen LogP contribution in [0.1, 0.15) is 13.8 Å². The molecule has 0 aromatic carbocycles. The number of nitrogens with one attached hydrogen (secondary N) is 2. The molecule has 0 rings (SSSR count). The van der Waals surface area contributed by atoms with Crippen molar-refractivity contribution in [2.24, 2.45) is 0 Å². The van der Waals surface area contributed by atoms with Gasteiger partial charge in [-0.2, -0.15) is 13.1 Å². The van der Waals surface area contributed by atoms with Gasteiger partial charge in [0.1, 0.15) is 0 Å². The number of hydrogen-bond acceptors (Lipinski definition) is 0. The normalized spacial score (nSPS) is 5.14. The fraction of sp³-hybridized carbons (Fsp3) is 1.00. The van der Waals surface area contributed by atoms with E-state index in [1.807, 2.05) is 0 Å². The van der Waals surface area contributed by atoms with Crippen molar-refractivity contribution >= 4 is 0 Å². The largest absolute Gasteiger partial charge is 2.00 e. The molecule has 0 heterocycles. The molecule has 0 aliphatic rings. The monoisotopic (exact) mass is 178 g/mol. The second kappa shape index (κ2) is 29.2. The molecule has 0 bridgehead atoms. The van der Waals surface area contributed by atoms with E-state index in [2.05, 4.69) is 0 Å². The minimum Gasteiger partial charge on any atom is -0.678 e. The van der Waals surface area contributed by atoms with Crippen LogP contribution in [0.4, 0.5) is 0 Å². The topological polar surface area (TPSA) is 47.6 Å². The maximum absolute atomic E-state index is 6.21. The zero-order chi connectivity index (χ0) is 5.41. The van der Waals surface area contributed by atoms with E-state index in [0.29, 0.717) is 13.1 Å². The smallest absolute Gasteiger partial charge is 0.678 e. The van der Waals surface area contributed by atoms with E-state index in [0.717, 1.165) is 0 Å². The predicted molar refractivity (Wildman–Crippen MR) is 29.7 cm³/mol. The Kier molecular flexibility index (Phi) is 65.2. The minimum atomic E-state index is 0. The fourth-order valence-electron chi connectivity index (χ4n) is 0. The van der Waals surface area contributed by atoms with Crippen molar-refractivity contribution in [1.82, 2.24) is 0 Å². The van der Waals surface area contributed by atoms with Crippen LogP contribution in [0.3, 0.4) is 0 Å². The van der Waals surface area contributed by atoms with Crippen molar-refractivity contribution in [3.8, 4) is 0 Å². The van der Waals surface area contributed by atoms with Crippen LogP contribution in [0.25, 0.3) is 11.5 Å². The molecule has 0 amide bonds. The molecule has 7 heavy (non-hydrogen) atoms. The van der Waals surface area contributed by atoms with Crippen LogP contribution in [-0.4, -0.2) is 13.1 Å². The van der Waals surface area contributed by atoms with E-state index in [1.165, 1.54) is 0 Å². The van der Waals surface area contributed by atoms with Crippen LogP contribution in [0, 0.1) is 0 Å². The van der Waals surface area contributed by atoms with Gasteiger partial charge in [-0.3, -0.25) is 0 Å². The summed E-state index contributed by atoms with van der Waals surface area (Å²) in [4.78, 5) is 0. The first-order chi connectivity index (χ1) is 2.83. The first kappa shape index (κ1) is 15.7. The molecule has 42 valence electrons. The summed E-state index contributed by atoms with van der Waals surface area (Å²) < 4.78 is 0. The number of hydrogen-bond donors (Lipinski definition) is 0. The Morgan fingerprint density at radius 1 is 1.00 bits per heavy atom. The molecule has 0 radical (unpaired) electrons. The summed E-state index contributed by atoms with van der Waals surface area (Å²) in [5, 5.41) is 0. The zero-order valence-corrected chi connectivity index (χ0v) is 7.37. The Bertz CT molecular complexity index is 11.7. The summed E-state index contributed by atoms with van der Waals surface area (Å²) in [7, 11) is 0. The van der Waals surface area contributed by atoms with Gasteiger partial charge in [0, 0.05) is 0 Å². The fourth-order valence-corrected chi connectivity index (χ4v) is 0. The van der Waals surface area contributed by atoms with Gasteiger partial charge in [-0.15, -0.1) is 0 Å². The molecular weight excluding hydrogens is 167 g/mol. The molecular formula is C4H12N2Zr. The summed E-state index contributed by atoms with van der Waals surface area (Å²) in [5.74, 6) is 0. The third-order valence-electron chi connectivity index (χ3n) is 0. The molecule has 0 aliphatic carbocycles. The minimum absolute atomic E-state index is 0. The summed E-state index contributed by atoms with van der Waals surface area (Å²) in [6, 6.07) is 0. The van der Waals surface area contributed by atoms with Gasteiger partial charge in [-0.25, -0.2) is 0 Å². The van der Waals surface area contributed by atoms with E-state index >= 15 is 0 Å². The molecule has 2 N–H and O–H groups in total. The van der Waals surface area contributed by atoms with Crippen molar-refractivity contribution in [2.45, 2.75) is 13.8 Å². The summed E-state index contributed by atoms with van der Waals surface area (Å²) in [6.45, 7) is 4.58. The van der Waals surface area contributed by atoms with E-state index in [-0.39, 0.29) is 26.2 Å². The van der Waals surface area contributed by atoms with Gasteiger partial charge >= 0.3 is 26.2 Å². The Morgan fingerprint density at radius 2 is 1.00 bits per heavy atom. The first-order valence-corrected chi connectivity index (χ1v) is 2.12. The van der Waals surface area contributed by atoms with Gasteiger partial charge in [0.2, 0.25) is 0 Å². The van der Waals surface area contributed by atoms with E-state index in [1.54, 1.807) is 13.8 Å². The molecule has 0 atom stereocenters. The Labute approximate surface area is 64.8 Å². The molecule has 0 saturated carbocycles. The predicted octanol–water partition coefficient (Wildman–Crippen LogP) is 2.11. The Morgan fingerprint density at radius 3 is 1.00 bits per heavy atom. The molecule has 0 saturated heterocycles. The van der Waals surface area contributed by atoms with Gasteiger partial charge < -0.3 is 11.5 Å². The van der Waals surface area contributed by atoms with Crippen molar-refractivity contribution < 1.29 is 26.2 Å². The molecule has 0 fully saturated rings. The molecule has 0 unspecified atom stereocenters. The van der Waals surface area contributed by atoms with Crippen LogP contribution < -0.4 is 0 Å². The molecule has 0 spiro atoms.